The van der Waals surface area contributed by atoms with Crippen molar-refractivity contribution in [2.45, 2.75) is 91.4 Å². The topological polar surface area (TPSA) is 0 Å². The highest BCUT2D eigenvalue weighted by molar-refractivity contribution is 5.03. The smallest absolute Gasteiger partial charge is 0.207 e. The first-order valence-electron chi connectivity index (χ1n) is 10.8. The standard InChI is InChI=1S/C20H32F2.C2H6/c1-12(2)18-10-14-11-20(21,22)9-8-15(14)17-7-6-13-4-3-5-16(13)19(17)18;1-2/h12-19H,3-11H2,1-2H3;1-2H3. The van der Waals surface area contributed by atoms with Crippen LogP contribution in [0.15, 0.2) is 0 Å². The summed E-state index contributed by atoms with van der Waals surface area (Å²) < 4.78 is 27.9. The van der Waals surface area contributed by atoms with Crippen LogP contribution >= 0.6 is 0 Å². The van der Waals surface area contributed by atoms with Crippen LogP contribution in [0.2, 0.25) is 0 Å². The van der Waals surface area contributed by atoms with Gasteiger partial charge in [0.1, 0.15) is 0 Å². The van der Waals surface area contributed by atoms with Crippen LogP contribution in [0.25, 0.3) is 0 Å². The first-order chi connectivity index (χ1) is 11.5. The Bertz CT molecular complexity index is 416. The minimum atomic E-state index is -2.37. The fourth-order valence-electron chi connectivity index (χ4n) is 7.28. The van der Waals surface area contributed by atoms with Crippen LogP contribution in [0, 0.1) is 47.3 Å². The van der Waals surface area contributed by atoms with Gasteiger partial charge < -0.3 is 0 Å². The van der Waals surface area contributed by atoms with Gasteiger partial charge in [0.05, 0.1) is 0 Å². The van der Waals surface area contributed by atoms with Crippen molar-refractivity contribution < 1.29 is 8.78 Å². The lowest BCUT2D eigenvalue weighted by Crippen LogP contribution is -2.51. The van der Waals surface area contributed by atoms with Crippen LogP contribution in [-0.2, 0) is 0 Å². The second-order valence-electron chi connectivity index (χ2n) is 9.34. The molecule has 0 aromatic rings. The summed E-state index contributed by atoms with van der Waals surface area (Å²) in [6, 6.07) is 0. The molecule has 4 aliphatic carbocycles. The molecule has 7 atom stereocenters. The molecule has 0 spiro atoms. The summed E-state index contributed by atoms with van der Waals surface area (Å²) in [6.07, 6.45) is 9.32. The Labute approximate surface area is 148 Å². The quantitative estimate of drug-likeness (QED) is 0.474. The number of rotatable bonds is 1. The van der Waals surface area contributed by atoms with Crippen molar-refractivity contribution in [3.8, 4) is 0 Å². The van der Waals surface area contributed by atoms with E-state index in [9.17, 15) is 8.78 Å². The zero-order valence-electron chi connectivity index (χ0n) is 16.2. The molecule has 0 saturated heterocycles. The monoisotopic (exact) mass is 340 g/mol. The number of hydrogen-bond donors (Lipinski definition) is 0. The molecule has 4 fully saturated rings. The predicted octanol–water partition coefficient (Wildman–Crippen LogP) is 7.18. The summed E-state index contributed by atoms with van der Waals surface area (Å²) in [5.74, 6) is 3.51. The minimum absolute atomic E-state index is 0.165. The SMILES string of the molecule is CC.CC(C)C1CC2CC(F)(F)CCC2C2CCC3CCCC3C12. The molecule has 0 N–H and O–H groups in total. The fraction of sp³-hybridized carbons (Fsp3) is 1.00. The molecular formula is C22H38F2. The van der Waals surface area contributed by atoms with E-state index in [1.54, 1.807) is 0 Å². The summed E-state index contributed by atoms with van der Waals surface area (Å²) in [7, 11) is 0. The van der Waals surface area contributed by atoms with Crippen LogP contribution in [0.4, 0.5) is 8.78 Å². The molecule has 0 aromatic heterocycles. The molecule has 0 nitrogen and oxygen atoms in total. The highest BCUT2D eigenvalue weighted by atomic mass is 19.3. The molecule has 0 aliphatic heterocycles. The van der Waals surface area contributed by atoms with Crippen molar-refractivity contribution in [2.75, 3.05) is 0 Å². The molecule has 140 valence electrons. The van der Waals surface area contributed by atoms with Gasteiger partial charge in [-0.25, -0.2) is 8.78 Å². The fourth-order valence-corrected chi connectivity index (χ4v) is 7.28. The average Bonchev–Trinajstić information content (AvgIpc) is 3.03. The van der Waals surface area contributed by atoms with E-state index in [0.29, 0.717) is 23.7 Å². The number of hydrogen-bond acceptors (Lipinski definition) is 0. The van der Waals surface area contributed by atoms with Gasteiger partial charge >= 0.3 is 0 Å². The highest BCUT2D eigenvalue weighted by Gasteiger charge is 2.55. The molecule has 4 saturated carbocycles. The second-order valence-corrected chi connectivity index (χ2v) is 9.34. The second kappa shape index (κ2) is 7.23. The molecule has 4 aliphatic rings. The Balaban J connectivity index is 0.000000815. The Hall–Kier alpha value is -0.140. The van der Waals surface area contributed by atoms with Gasteiger partial charge in [-0.2, -0.15) is 0 Å². The zero-order valence-corrected chi connectivity index (χ0v) is 16.2. The lowest BCUT2D eigenvalue weighted by Gasteiger charge is -2.57. The third-order valence-corrected chi connectivity index (χ3v) is 8.06. The first-order valence-corrected chi connectivity index (χ1v) is 10.8. The third kappa shape index (κ3) is 3.28. The van der Waals surface area contributed by atoms with Crippen molar-refractivity contribution in [3.05, 3.63) is 0 Å². The maximum atomic E-state index is 13.9. The third-order valence-electron chi connectivity index (χ3n) is 8.06. The van der Waals surface area contributed by atoms with Gasteiger partial charge in [-0.15, -0.1) is 0 Å². The molecule has 0 radical (unpaired) electrons. The van der Waals surface area contributed by atoms with Crippen molar-refractivity contribution in [1.82, 2.24) is 0 Å². The summed E-state index contributed by atoms with van der Waals surface area (Å²) >= 11 is 0. The van der Waals surface area contributed by atoms with Gasteiger partial charge in [-0.05, 0) is 79.4 Å². The highest BCUT2D eigenvalue weighted by Crippen LogP contribution is 2.62. The van der Waals surface area contributed by atoms with Crippen molar-refractivity contribution >= 4 is 0 Å². The largest absolute Gasteiger partial charge is 0.248 e. The van der Waals surface area contributed by atoms with Gasteiger partial charge in [0.25, 0.3) is 0 Å². The Kier molecular flexibility index (Phi) is 5.62. The molecule has 2 heteroatoms. The van der Waals surface area contributed by atoms with Crippen LogP contribution in [0.5, 0.6) is 0 Å². The molecule has 7 unspecified atom stereocenters. The number of alkyl halides is 2. The predicted molar refractivity (Wildman–Crippen MR) is 97.1 cm³/mol. The maximum absolute atomic E-state index is 13.9. The first kappa shape index (κ1) is 18.6. The molecular weight excluding hydrogens is 302 g/mol. The molecule has 24 heavy (non-hydrogen) atoms. The lowest BCUT2D eigenvalue weighted by atomic mass is 9.49. The van der Waals surface area contributed by atoms with E-state index in [-0.39, 0.29) is 12.8 Å². The van der Waals surface area contributed by atoms with Gasteiger partial charge in [0, 0.05) is 12.8 Å². The van der Waals surface area contributed by atoms with Gasteiger partial charge in [-0.3, -0.25) is 0 Å². The van der Waals surface area contributed by atoms with E-state index in [0.717, 1.165) is 36.5 Å². The molecule has 0 amide bonds. The summed E-state index contributed by atoms with van der Waals surface area (Å²) in [4.78, 5) is 0. The Morgan fingerprint density at radius 1 is 0.833 bits per heavy atom. The van der Waals surface area contributed by atoms with Crippen LogP contribution in [0.3, 0.4) is 0 Å². The number of halogens is 2. The van der Waals surface area contributed by atoms with Crippen molar-refractivity contribution in [2.24, 2.45) is 47.3 Å². The summed E-state index contributed by atoms with van der Waals surface area (Å²) in [5.41, 5.74) is 0. The van der Waals surface area contributed by atoms with Gasteiger partial charge in [0.2, 0.25) is 5.92 Å². The minimum Gasteiger partial charge on any atom is -0.207 e. The normalized spacial score (nSPS) is 46.4. The Morgan fingerprint density at radius 2 is 1.58 bits per heavy atom. The van der Waals surface area contributed by atoms with E-state index in [1.807, 2.05) is 13.8 Å². The maximum Gasteiger partial charge on any atom is 0.248 e. The van der Waals surface area contributed by atoms with E-state index in [4.69, 9.17) is 0 Å². The van der Waals surface area contributed by atoms with E-state index in [1.165, 1.54) is 32.1 Å². The molecule has 0 aromatic carbocycles. The molecule has 4 rings (SSSR count). The van der Waals surface area contributed by atoms with E-state index in [2.05, 4.69) is 13.8 Å². The molecule has 0 bridgehead atoms. The van der Waals surface area contributed by atoms with Gasteiger partial charge in [-0.1, -0.05) is 40.5 Å². The summed E-state index contributed by atoms with van der Waals surface area (Å²) in [6.45, 7) is 8.70. The Morgan fingerprint density at radius 3 is 2.29 bits per heavy atom. The van der Waals surface area contributed by atoms with Gasteiger partial charge in [0.15, 0.2) is 0 Å². The lowest BCUT2D eigenvalue weighted by molar-refractivity contribution is -0.133. The van der Waals surface area contributed by atoms with Crippen molar-refractivity contribution in [1.29, 1.82) is 0 Å². The van der Waals surface area contributed by atoms with Crippen LogP contribution in [0.1, 0.15) is 85.5 Å². The average molecular weight is 341 g/mol. The van der Waals surface area contributed by atoms with Crippen LogP contribution in [-0.4, -0.2) is 5.92 Å². The molecule has 0 heterocycles. The summed E-state index contributed by atoms with van der Waals surface area (Å²) in [5, 5.41) is 0. The number of fused-ring (bicyclic) bond motifs is 5. The van der Waals surface area contributed by atoms with E-state index >= 15 is 0 Å². The van der Waals surface area contributed by atoms with E-state index < -0.39 is 5.92 Å². The zero-order chi connectivity index (χ0) is 17.5. The van der Waals surface area contributed by atoms with Crippen molar-refractivity contribution in [3.63, 3.8) is 0 Å². The van der Waals surface area contributed by atoms with Crippen LogP contribution < -0.4 is 0 Å².